The molecule has 7 heteroatoms. The lowest BCUT2D eigenvalue weighted by molar-refractivity contribution is -0.135. The predicted molar refractivity (Wildman–Crippen MR) is 143 cm³/mol. The molecule has 0 saturated carbocycles. The summed E-state index contributed by atoms with van der Waals surface area (Å²) in [5, 5.41) is 5.04. The van der Waals surface area contributed by atoms with Gasteiger partial charge in [0.05, 0.1) is 6.04 Å². The van der Waals surface area contributed by atoms with Crippen LogP contribution in [0.1, 0.15) is 75.4 Å². The van der Waals surface area contributed by atoms with Gasteiger partial charge < -0.3 is 19.9 Å². The van der Waals surface area contributed by atoms with Gasteiger partial charge >= 0.3 is 6.03 Å². The molecule has 6 nitrogen and oxygen atoms in total. The molecular weight excluding hydrogens is 458 g/mol. The van der Waals surface area contributed by atoms with Gasteiger partial charge in [-0.1, -0.05) is 53.2 Å². The van der Waals surface area contributed by atoms with Crippen molar-refractivity contribution in [2.75, 3.05) is 32.8 Å². The van der Waals surface area contributed by atoms with Crippen molar-refractivity contribution in [3.63, 3.8) is 0 Å². The smallest absolute Gasteiger partial charge is 0.317 e. The second kappa shape index (κ2) is 13.0. The summed E-state index contributed by atoms with van der Waals surface area (Å²) in [5.74, 6) is 1.58. The van der Waals surface area contributed by atoms with Crippen LogP contribution in [-0.4, -0.2) is 54.5 Å². The SMILES string of the molecule is CCCNC(=O)N(CC(=O)N1CCc2sccc2[C@H]1COc1ccc(C(C)C)cc1)C[C@H](C)CC. The average molecular weight is 500 g/mol. The molecule has 1 N–H and O–H groups in total. The van der Waals surface area contributed by atoms with Crippen LogP contribution in [0.4, 0.5) is 4.79 Å². The maximum absolute atomic E-state index is 13.6. The van der Waals surface area contributed by atoms with Crippen molar-refractivity contribution in [3.05, 3.63) is 51.7 Å². The van der Waals surface area contributed by atoms with Gasteiger partial charge in [0.2, 0.25) is 5.91 Å². The molecule has 0 aliphatic carbocycles. The molecule has 1 aliphatic heterocycles. The lowest BCUT2D eigenvalue weighted by Gasteiger charge is -2.37. The Kier molecular flexibility index (Phi) is 10.0. The molecular formula is C28H41N3O3S. The summed E-state index contributed by atoms with van der Waals surface area (Å²) in [5.41, 5.74) is 2.44. The maximum Gasteiger partial charge on any atom is 0.317 e. The van der Waals surface area contributed by atoms with Gasteiger partial charge in [0, 0.05) is 24.5 Å². The molecule has 3 rings (SSSR count). The molecule has 2 aromatic rings. The summed E-state index contributed by atoms with van der Waals surface area (Å²) >= 11 is 1.74. The fourth-order valence-corrected chi connectivity index (χ4v) is 5.25. The zero-order chi connectivity index (χ0) is 25.4. The van der Waals surface area contributed by atoms with E-state index in [1.807, 2.05) is 24.0 Å². The Bertz CT molecular complexity index is 957. The topological polar surface area (TPSA) is 61.9 Å². The third kappa shape index (κ3) is 7.23. The molecule has 0 fully saturated rings. The molecule has 1 aliphatic rings. The van der Waals surface area contributed by atoms with E-state index in [2.05, 4.69) is 56.6 Å². The number of ether oxygens (including phenoxy) is 1. The predicted octanol–water partition coefficient (Wildman–Crippen LogP) is 5.84. The van der Waals surface area contributed by atoms with Crippen LogP contribution in [0.25, 0.3) is 0 Å². The average Bonchev–Trinajstić information content (AvgIpc) is 3.34. The first-order valence-corrected chi connectivity index (χ1v) is 13.8. The maximum atomic E-state index is 13.6. The highest BCUT2D eigenvalue weighted by Gasteiger charge is 2.33. The van der Waals surface area contributed by atoms with E-state index in [9.17, 15) is 9.59 Å². The lowest BCUT2D eigenvalue weighted by Crippen LogP contribution is -2.50. The number of urea groups is 1. The molecule has 35 heavy (non-hydrogen) atoms. The van der Waals surface area contributed by atoms with Crippen molar-refractivity contribution in [2.24, 2.45) is 5.92 Å². The molecule has 0 spiro atoms. The molecule has 2 heterocycles. The molecule has 0 radical (unpaired) electrons. The summed E-state index contributed by atoms with van der Waals surface area (Å²) in [4.78, 5) is 31.3. The van der Waals surface area contributed by atoms with Gasteiger partial charge in [-0.25, -0.2) is 4.79 Å². The number of carbonyl (C=O) groups is 2. The van der Waals surface area contributed by atoms with Crippen molar-refractivity contribution in [1.29, 1.82) is 0 Å². The van der Waals surface area contributed by atoms with Crippen LogP contribution in [0.2, 0.25) is 0 Å². The van der Waals surface area contributed by atoms with E-state index in [1.165, 1.54) is 10.4 Å². The van der Waals surface area contributed by atoms with Gasteiger partial charge in [-0.2, -0.15) is 0 Å². The molecule has 3 amide bonds. The number of benzene rings is 1. The number of amides is 3. The minimum Gasteiger partial charge on any atom is -0.491 e. The van der Waals surface area contributed by atoms with Gasteiger partial charge in [-0.15, -0.1) is 11.3 Å². The quantitative estimate of drug-likeness (QED) is 0.422. The van der Waals surface area contributed by atoms with Gasteiger partial charge in [0.1, 0.15) is 18.9 Å². The highest BCUT2D eigenvalue weighted by molar-refractivity contribution is 7.10. The molecule has 0 saturated heterocycles. The minimum atomic E-state index is -0.161. The van der Waals surface area contributed by atoms with Crippen molar-refractivity contribution < 1.29 is 14.3 Å². The molecule has 0 unspecified atom stereocenters. The molecule has 0 bridgehead atoms. The van der Waals surface area contributed by atoms with Crippen molar-refractivity contribution >= 4 is 23.3 Å². The van der Waals surface area contributed by atoms with Crippen molar-refractivity contribution in [3.8, 4) is 5.75 Å². The number of nitrogens with zero attached hydrogens (tertiary/aromatic N) is 2. The normalized spacial score (nSPS) is 16.1. The summed E-state index contributed by atoms with van der Waals surface area (Å²) in [6, 6.07) is 10.00. The highest BCUT2D eigenvalue weighted by atomic mass is 32.1. The van der Waals surface area contributed by atoms with Crippen LogP contribution in [-0.2, 0) is 11.2 Å². The Morgan fingerprint density at radius 3 is 2.57 bits per heavy atom. The largest absolute Gasteiger partial charge is 0.491 e. The van der Waals surface area contributed by atoms with E-state index in [1.54, 1.807) is 16.2 Å². The third-order valence-corrected chi connectivity index (χ3v) is 7.73. The zero-order valence-corrected chi connectivity index (χ0v) is 22.7. The molecule has 1 aromatic heterocycles. The van der Waals surface area contributed by atoms with E-state index in [4.69, 9.17) is 4.74 Å². The first-order chi connectivity index (χ1) is 16.8. The number of rotatable bonds is 11. The highest BCUT2D eigenvalue weighted by Crippen LogP contribution is 2.34. The Morgan fingerprint density at radius 1 is 1.17 bits per heavy atom. The second-order valence-corrected chi connectivity index (χ2v) is 10.8. The first-order valence-electron chi connectivity index (χ1n) is 12.9. The standard InChI is InChI=1S/C28H41N3O3S/c1-6-14-29-28(33)30(17-21(5)7-2)18-27(32)31-15-12-26-24(13-16-35-26)25(31)19-34-23-10-8-22(9-11-23)20(3)4/h8-11,13,16,20-21,25H,6-7,12,14-15,17-19H2,1-5H3,(H,29,33)/t21-,25-/m1/s1. The van der Waals surface area contributed by atoms with E-state index in [0.29, 0.717) is 38.1 Å². The van der Waals surface area contributed by atoms with Crippen LogP contribution in [0, 0.1) is 5.92 Å². The van der Waals surface area contributed by atoms with E-state index < -0.39 is 0 Å². The van der Waals surface area contributed by atoms with Gasteiger partial charge in [-0.3, -0.25) is 4.79 Å². The number of thiophene rings is 1. The summed E-state index contributed by atoms with van der Waals surface area (Å²) in [6.45, 7) is 12.9. The van der Waals surface area contributed by atoms with Crippen LogP contribution < -0.4 is 10.1 Å². The second-order valence-electron chi connectivity index (χ2n) is 9.81. The Morgan fingerprint density at radius 2 is 1.91 bits per heavy atom. The summed E-state index contributed by atoms with van der Waals surface area (Å²) in [6.07, 6.45) is 2.66. The monoisotopic (exact) mass is 499 g/mol. The van der Waals surface area contributed by atoms with Crippen LogP contribution in [0.15, 0.2) is 35.7 Å². The Hall–Kier alpha value is -2.54. The summed E-state index contributed by atoms with van der Waals surface area (Å²) in [7, 11) is 0. The number of nitrogens with one attached hydrogen (secondary N) is 1. The van der Waals surface area contributed by atoms with Gasteiger partial charge in [-0.05, 0) is 59.4 Å². The van der Waals surface area contributed by atoms with Gasteiger partial charge in [0.15, 0.2) is 0 Å². The number of fused-ring (bicyclic) bond motifs is 1. The number of hydrogen-bond donors (Lipinski definition) is 1. The molecule has 192 valence electrons. The Balaban J connectivity index is 1.74. The van der Waals surface area contributed by atoms with Crippen LogP contribution in [0.5, 0.6) is 5.75 Å². The lowest BCUT2D eigenvalue weighted by atomic mass is 10.00. The first kappa shape index (κ1) is 27.1. The van der Waals surface area contributed by atoms with Crippen molar-refractivity contribution in [1.82, 2.24) is 15.1 Å². The Labute approximate surface area is 214 Å². The molecule has 1 aromatic carbocycles. The summed E-state index contributed by atoms with van der Waals surface area (Å²) < 4.78 is 6.19. The van der Waals surface area contributed by atoms with E-state index in [-0.39, 0.29) is 24.5 Å². The number of hydrogen-bond acceptors (Lipinski definition) is 4. The fourth-order valence-electron chi connectivity index (χ4n) is 4.32. The third-order valence-electron chi connectivity index (χ3n) is 6.74. The molecule has 2 atom stereocenters. The van der Waals surface area contributed by atoms with Crippen LogP contribution >= 0.6 is 11.3 Å². The fraction of sp³-hybridized carbons (Fsp3) is 0.571. The van der Waals surface area contributed by atoms with E-state index in [0.717, 1.165) is 30.6 Å². The zero-order valence-electron chi connectivity index (χ0n) is 21.9. The van der Waals surface area contributed by atoms with Gasteiger partial charge in [0.25, 0.3) is 0 Å². The van der Waals surface area contributed by atoms with Crippen molar-refractivity contribution in [2.45, 2.75) is 65.8 Å². The van der Waals surface area contributed by atoms with E-state index >= 15 is 0 Å². The number of carbonyl (C=O) groups excluding carboxylic acids is 2. The minimum absolute atomic E-state index is 0.0273. The van der Waals surface area contributed by atoms with Crippen LogP contribution in [0.3, 0.4) is 0 Å².